The first-order valence-corrected chi connectivity index (χ1v) is 11.0. The van der Waals surface area contributed by atoms with Crippen LogP contribution in [0.15, 0.2) is 60.9 Å². The molecule has 0 atom stereocenters. The van der Waals surface area contributed by atoms with Crippen molar-refractivity contribution in [2.45, 2.75) is 25.9 Å². The SMILES string of the molecule is COc1ccc(CNC(=O)N2CCC(Cn3ccnc3-c3ccccc3)CC2)cc1OC. The molecule has 4 rings (SSSR count). The maximum absolute atomic E-state index is 12.7. The second kappa shape index (κ2) is 10.2. The van der Waals surface area contributed by atoms with E-state index < -0.39 is 0 Å². The minimum atomic E-state index is -0.0224. The monoisotopic (exact) mass is 434 g/mol. The normalized spacial score (nSPS) is 14.2. The molecule has 2 heterocycles. The number of imidazole rings is 1. The van der Waals surface area contributed by atoms with Crippen LogP contribution in [0.2, 0.25) is 0 Å². The van der Waals surface area contributed by atoms with Crippen molar-refractivity contribution in [3.8, 4) is 22.9 Å². The Bertz CT molecular complexity index is 1030. The van der Waals surface area contributed by atoms with Gasteiger partial charge in [0.1, 0.15) is 5.82 Å². The summed E-state index contributed by atoms with van der Waals surface area (Å²) in [4.78, 5) is 19.1. The van der Waals surface area contributed by atoms with Crippen LogP contribution in [0.4, 0.5) is 4.79 Å². The van der Waals surface area contributed by atoms with Crippen molar-refractivity contribution in [1.82, 2.24) is 19.8 Å². The molecule has 7 heteroatoms. The fourth-order valence-electron chi connectivity index (χ4n) is 4.18. The second-order valence-electron chi connectivity index (χ2n) is 8.05. The second-order valence-corrected chi connectivity index (χ2v) is 8.05. The van der Waals surface area contributed by atoms with E-state index in [1.165, 1.54) is 0 Å². The van der Waals surface area contributed by atoms with Gasteiger partial charge in [-0.15, -0.1) is 0 Å². The number of nitrogens with one attached hydrogen (secondary N) is 1. The Morgan fingerprint density at radius 3 is 2.53 bits per heavy atom. The number of ether oxygens (including phenoxy) is 2. The number of amides is 2. The third-order valence-electron chi connectivity index (χ3n) is 6.00. The summed E-state index contributed by atoms with van der Waals surface area (Å²) < 4.78 is 12.8. The van der Waals surface area contributed by atoms with Crippen molar-refractivity contribution in [3.63, 3.8) is 0 Å². The van der Waals surface area contributed by atoms with Crippen LogP contribution in [0.1, 0.15) is 18.4 Å². The number of rotatable bonds is 7. The Morgan fingerprint density at radius 1 is 1.06 bits per heavy atom. The average Bonchev–Trinajstić information content (AvgIpc) is 3.31. The van der Waals surface area contributed by atoms with E-state index >= 15 is 0 Å². The summed E-state index contributed by atoms with van der Waals surface area (Å²) in [6.07, 6.45) is 5.87. The van der Waals surface area contributed by atoms with Crippen molar-refractivity contribution in [3.05, 3.63) is 66.5 Å². The van der Waals surface area contributed by atoms with Gasteiger partial charge in [0, 0.05) is 44.1 Å². The van der Waals surface area contributed by atoms with Gasteiger partial charge in [0.05, 0.1) is 14.2 Å². The van der Waals surface area contributed by atoms with Crippen LogP contribution in [-0.4, -0.2) is 47.8 Å². The Balaban J connectivity index is 1.27. The zero-order valence-corrected chi connectivity index (χ0v) is 18.7. The average molecular weight is 435 g/mol. The summed E-state index contributed by atoms with van der Waals surface area (Å²) in [6, 6.07) is 15.9. The summed E-state index contributed by atoms with van der Waals surface area (Å²) in [5.74, 6) is 2.87. The smallest absolute Gasteiger partial charge is 0.317 e. The third kappa shape index (κ3) is 5.04. The number of piperidine rings is 1. The third-order valence-corrected chi connectivity index (χ3v) is 6.00. The van der Waals surface area contributed by atoms with E-state index in [4.69, 9.17) is 9.47 Å². The number of benzene rings is 2. The molecule has 1 aliphatic rings. The lowest BCUT2D eigenvalue weighted by atomic mass is 9.97. The molecule has 7 nitrogen and oxygen atoms in total. The van der Waals surface area contributed by atoms with Gasteiger partial charge in [-0.1, -0.05) is 36.4 Å². The number of nitrogens with zero attached hydrogens (tertiary/aromatic N) is 3. The predicted molar refractivity (Wildman–Crippen MR) is 124 cm³/mol. The van der Waals surface area contributed by atoms with E-state index in [-0.39, 0.29) is 6.03 Å². The standard InChI is InChI=1S/C25H30N4O3/c1-31-22-9-8-20(16-23(22)32-2)17-27-25(30)28-13-10-19(11-14-28)18-29-15-12-26-24(29)21-6-4-3-5-7-21/h3-9,12,15-16,19H,10-11,13-14,17-18H2,1-2H3,(H,27,30). The molecule has 0 saturated carbocycles. The van der Waals surface area contributed by atoms with Gasteiger partial charge in [0.15, 0.2) is 11.5 Å². The van der Waals surface area contributed by atoms with Crippen LogP contribution in [0.5, 0.6) is 11.5 Å². The molecule has 1 aliphatic heterocycles. The number of methoxy groups -OCH3 is 2. The number of likely N-dealkylation sites (tertiary alicyclic amines) is 1. The molecule has 2 amide bonds. The Kier molecular flexibility index (Phi) is 6.94. The van der Waals surface area contributed by atoms with Crippen LogP contribution in [0, 0.1) is 5.92 Å². The maximum atomic E-state index is 12.7. The lowest BCUT2D eigenvalue weighted by molar-refractivity contribution is 0.165. The number of hydrogen-bond acceptors (Lipinski definition) is 4. The van der Waals surface area contributed by atoms with Crippen molar-refractivity contribution in [1.29, 1.82) is 0 Å². The minimum absolute atomic E-state index is 0.0224. The first-order chi connectivity index (χ1) is 15.7. The summed E-state index contributed by atoms with van der Waals surface area (Å²) in [6.45, 7) is 2.90. The highest BCUT2D eigenvalue weighted by molar-refractivity contribution is 5.74. The topological polar surface area (TPSA) is 68.6 Å². The summed E-state index contributed by atoms with van der Waals surface area (Å²) in [5, 5.41) is 3.02. The highest BCUT2D eigenvalue weighted by atomic mass is 16.5. The predicted octanol–water partition coefficient (Wildman–Crippen LogP) is 4.19. The van der Waals surface area contributed by atoms with E-state index in [0.29, 0.717) is 24.0 Å². The van der Waals surface area contributed by atoms with Crippen LogP contribution >= 0.6 is 0 Å². The molecule has 0 radical (unpaired) electrons. The molecule has 0 unspecified atom stereocenters. The molecule has 1 saturated heterocycles. The van der Waals surface area contributed by atoms with Crippen molar-refractivity contribution in [2.24, 2.45) is 5.92 Å². The van der Waals surface area contributed by atoms with Crippen molar-refractivity contribution < 1.29 is 14.3 Å². The maximum Gasteiger partial charge on any atom is 0.317 e. The fourth-order valence-corrected chi connectivity index (χ4v) is 4.18. The van der Waals surface area contributed by atoms with E-state index in [1.807, 2.05) is 53.7 Å². The summed E-state index contributed by atoms with van der Waals surface area (Å²) in [5.41, 5.74) is 2.10. The number of carbonyl (C=O) groups excluding carboxylic acids is 1. The van der Waals surface area contributed by atoms with Gasteiger partial charge in [-0.2, -0.15) is 0 Å². The molecule has 0 aliphatic carbocycles. The molecule has 3 aromatic rings. The molecule has 1 aromatic heterocycles. The lowest BCUT2D eigenvalue weighted by Crippen LogP contribution is -2.44. The van der Waals surface area contributed by atoms with Gasteiger partial charge in [0.25, 0.3) is 0 Å². The molecule has 32 heavy (non-hydrogen) atoms. The molecule has 1 fully saturated rings. The number of carbonyl (C=O) groups is 1. The van der Waals surface area contributed by atoms with Gasteiger partial charge in [-0.25, -0.2) is 9.78 Å². The molecule has 168 valence electrons. The van der Waals surface area contributed by atoms with Crippen LogP contribution < -0.4 is 14.8 Å². The van der Waals surface area contributed by atoms with Crippen molar-refractivity contribution in [2.75, 3.05) is 27.3 Å². The van der Waals surface area contributed by atoms with Gasteiger partial charge in [0.2, 0.25) is 0 Å². The van der Waals surface area contributed by atoms with Gasteiger partial charge < -0.3 is 24.3 Å². The molecule has 1 N–H and O–H groups in total. The van der Waals surface area contributed by atoms with Gasteiger partial charge in [-0.05, 0) is 36.5 Å². The number of aromatic nitrogens is 2. The summed E-state index contributed by atoms with van der Waals surface area (Å²) in [7, 11) is 3.22. The summed E-state index contributed by atoms with van der Waals surface area (Å²) >= 11 is 0. The number of urea groups is 1. The fraction of sp³-hybridized carbons (Fsp3) is 0.360. The van der Waals surface area contributed by atoms with Crippen LogP contribution in [0.3, 0.4) is 0 Å². The first kappa shape index (κ1) is 21.7. The van der Waals surface area contributed by atoms with E-state index in [2.05, 4.69) is 27.0 Å². The molecule has 2 aromatic carbocycles. The van der Waals surface area contributed by atoms with E-state index in [9.17, 15) is 4.79 Å². The van der Waals surface area contributed by atoms with Gasteiger partial charge >= 0.3 is 6.03 Å². The molecular weight excluding hydrogens is 404 g/mol. The zero-order valence-electron chi connectivity index (χ0n) is 18.7. The Hall–Kier alpha value is -3.48. The minimum Gasteiger partial charge on any atom is -0.493 e. The molecular formula is C25H30N4O3. The lowest BCUT2D eigenvalue weighted by Gasteiger charge is -2.32. The van der Waals surface area contributed by atoms with Crippen molar-refractivity contribution >= 4 is 6.03 Å². The van der Waals surface area contributed by atoms with E-state index in [1.54, 1.807) is 14.2 Å². The zero-order chi connectivity index (χ0) is 22.3. The molecule has 0 bridgehead atoms. The Labute approximate surface area is 189 Å². The van der Waals surface area contributed by atoms with Gasteiger partial charge in [-0.3, -0.25) is 0 Å². The number of hydrogen-bond donors (Lipinski definition) is 1. The quantitative estimate of drug-likeness (QED) is 0.605. The highest BCUT2D eigenvalue weighted by Crippen LogP contribution is 2.27. The largest absolute Gasteiger partial charge is 0.493 e. The Morgan fingerprint density at radius 2 is 1.81 bits per heavy atom. The van der Waals surface area contributed by atoms with Crippen LogP contribution in [0.25, 0.3) is 11.4 Å². The molecule has 0 spiro atoms. The van der Waals surface area contributed by atoms with E-state index in [0.717, 1.165) is 49.4 Å². The van der Waals surface area contributed by atoms with Crippen LogP contribution in [-0.2, 0) is 13.1 Å². The first-order valence-electron chi connectivity index (χ1n) is 11.0. The highest BCUT2D eigenvalue weighted by Gasteiger charge is 2.23.